The van der Waals surface area contributed by atoms with Crippen LogP contribution >= 0.6 is 0 Å². The third-order valence-corrected chi connectivity index (χ3v) is 9.90. The molecule has 2 atom stereocenters. The van der Waals surface area contributed by atoms with Crippen LogP contribution in [0.4, 0.5) is 5.69 Å². The Morgan fingerprint density at radius 1 is 1.03 bits per heavy atom. The minimum absolute atomic E-state index is 0.453. The van der Waals surface area contributed by atoms with E-state index < -0.39 is 0 Å². The quantitative estimate of drug-likeness (QED) is 0.500. The number of aryl methyl sites for hydroxylation is 1. The van der Waals surface area contributed by atoms with E-state index in [2.05, 4.69) is 57.3 Å². The van der Waals surface area contributed by atoms with Crippen molar-refractivity contribution in [2.24, 2.45) is 5.92 Å². The van der Waals surface area contributed by atoms with E-state index in [4.69, 9.17) is 9.72 Å². The molecule has 2 fully saturated rings. The number of piperidine rings is 1. The minimum Gasteiger partial charge on any atom is -0.378 e. The van der Waals surface area contributed by atoms with Crippen molar-refractivity contribution >= 4 is 5.69 Å². The number of ether oxygens (including phenoxy) is 1. The molecule has 0 radical (unpaired) electrons. The maximum absolute atomic E-state index is 5.66. The minimum atomic E-state index is 0.453. The van der Waals surface area contributed by atoms with Crippen LogP contribution in [0.5, 0.6) is 0 Å². The molecule has 6 heteroatoms. The third-order valence-electron chi connectivity index (χ3n) is 9.90. The average molecular weight is 532 g/mol. The molecule has 212 valence electrons. The number of hydrogen-bond donors (Lipinski definition) is 1. The molecule has 1 aromatic heterocycles. The summed E-state index contributed by atoms with van der Waals surface area (Å²) in [6, 6.07) is 12.3. The van der Waals surface area contributed by atoms with Crippen molar-refractivity contribution in [2.45, 2.75) is 76.9 Å². The normalized spacial score (nSPS) is 24.5. The van der Waals surface area contributed by atoms with Gasteiger partial charge in [0.2, 0.25) is 0 Å². The van der Waals surface area contributed by atoms with Crippen LogP contribution in [-0.2, 0) is 24.1 Å². The van der Waals surface area contributed by atoms with E-state index in [1.807, 2.05) is 6.20 Å². The van der Waals surface area contributed by atoms with Crippen molar-refractivity contribution in [3.05, 3.63) is 58.9 Å². The Bertz CT molecular complexity index is 1060. The van der Waals surface area contributed by atoms with E-state index in [9.17, 15) is 0 Å². The second kappa shape index (κ2) is 13.1. The molecular weight excluding hydrogens is 482 g/mol. The summed E-state index contributed by atoms with van der Waals surface area (Å²) in [5.41, 5.74) is 7.31. The van der Waals surface area contributed by atoms with Crippen LogP contribution in [0.3, 0.4) is 0 Å². The molecule has 0 unspecified atom stereocenters. The van der Waals surface area contributed by atoms with Gasteiger partial charge >= 0.3 is 0 Å². The zero-order valence-electron chi connectivity index (χ0n) is 24.1. The van der Waals surface area contributed by atoms with Gasteiger partial charge in [-0.25, -0.2) is 0 Å². The topological polar surface area (TPSA) is 43.9 Å². The van der Waals surface area contributed by atoms with Gasteiger partial charge < -0.3 is 19.9 Å². The fourth-order valence-electron chi connectivity index (χ4n) is 7.60. The van der Waals surface area contributed by atoms with Crippen molar-refractivity contribution in [1.82, 2.24) is 20.1 Å². The predicted octanol–water partition coefficient (Wildman–Crippen LogP) is 4.82. The van der Waals surface area contributed by atoms with Crippen molar-refractivity contribution in [1.29, 1.82) is 0 Å². The van der Waals surface area contributed by atoms with Gasteiger partial charge in [-0.1, -0.05) is 25.1 Å². The molecule has 2 saturated heterocycles. The van der Waals surface area contributed by atoms with Crippen molar-refractivity contribution in [3.8, 4) is 0 Å². The van der Waals surface area contributed by atoms with Crippen molar-refractivity contribution in [2.75, 3.05) is 63.9 Å². The molecular formula is C33H49N5O. The van der Waals surface area contributed by atoms with Crippen molar-refractivity contribution < 1.29 is 4.74 Å². The molecule has 39 heavy (non-hydrogen) atoms. The SMILES string of the molecule is CCN1CCC(CCCN(C[C@H]2Cc3c(cccc3N3CCOCC3)CN2)[C@H]2CCCc3cccnc32)CC1. The summed E-state index contributed by atoms with van der Waals surface area (Å²) < 4.78 is 5.66. The number of aromatic nitrogens is 1. The van der Waals surface area contributed by atoms with E-state index in [-0.39, 0.29) is 0 Å². The Morgan fingerprint density at radius 2 is 1.87 bits per heavy atom. The van der Waals surface area contributed by atoms with Gasteiger partial charge in [-0.2, -0.15) is 0 Å². The first-order chi connectivity index (χ1) is 19.3. The molecule has 2 aromatic rings. The van der Waals surface area contributed by atoms with E-state index in [1.54, 1.807) is 5.56 Å². The van der Waals surface area contributed by atoms with Crippen LogP contribution in [0.25, 0.3) is 0 Å². The summed E-state index contributed by atoms with van der Waals surface area (Å²) >= 11 is 0. The molecule has 3 aliphatic heterocycles. The van der Waals surface area contributed by atoms with Gasteiger partial charge in [-0.15, -0.1) is 0 Å². The Hall–Kier alpha value is -1.99. The second-order valence-electron chi connectivity index (χ2n) is 12.3. The van der Waals surface area contributed by atoms with Gasteiger partial charge in [0.15, 0.2) is 0 Å². The summed E-state index contributed by atoms with van der Waals surface area (Å²) in [7, 11) is 0. The fourth-order valence-corrected chi connectivity index (χ4v) is 7.60. The lowest BCUT2D eigenvalue weighted by Gasteiger charge is -2.40. The average Bonchev–Trinajstić information content (AvgIpc) is 3.01. The van der Waals surface area contributed by atoms with Gasteiger partial charge in [0, 0.05) is 44.1 Å². The van der Waals surface area contributed by atoms with Gasteiger partial charge in [0.1, 0.15) is 0 Å². The lowest BCUT2D eigenvalue weighted by Crippen LogP contribution is -2.47. The zero-order valence-corrected chi connectivity index (χ0v) is 24.1. The number of fused-ring (bicyclic) bond motifs is 2. The number of hydrogen-bond acceptors (Lipinski definition) is 6. The largest absolute Gasteiger partial charge is 0.378 e. The smallest absolute Gasteiger partial charge is 0.0642 e. The Labute approximate surface area is 236 Å². The highest BCUT2D eigenvalue weighted by molar-refractivity contribution is 5.58. The number of nitrogens with zero attached hydrogens (tertiary/aromatic N) is 4. The van der Waals surface area contributed by atoms with Gasteiger partial charge in [0.25, 0.3) is 0 Å². The van der Waals surface area contributed by atoms with E-state index in [1.165, 1.54) is 93.6 Å². The molecule has 6 nitrogen and oxygen atoms in total. The van der Waals surface area contributed by atoms with Crippen molar-refractivity contribution in [3.63, 3.8) is 0 Å². The molecule has 0 bridgehead atoms. The number of nitrogens with one attached hydrogen (secondary N) is 1. The highest BCUT2D eigenvalue weighted by Gasteiger charge is 2.31. The predicted molar refractivity (Wildman–Crippen MR) is 159 cm³/mol. The molecule has 1 aromatic carbocycles. The monoisotopic (exact) mass is 531 g/mol. The standard InChI is InChI=1S/C33H49N5O/c1-2-36-17-13-26(14-18-36)7-6-16-38(32-12-3-8-27-10-5-15-34-33(27)32)25-29-23-30-28(24-35-29)9-4-11-31(30)37-19-21-39-22-20-37/h4-5,9-11,15,26,29,32,35H,2-3,6-8,12-14,16-25H2,1H3/t29-,32+/m1/s1. The Balaban J connectivity index is 1.16. The summed E-state index contributed by atoms with van der Waals surface area (Å²) in [5.74, 6) is 0.905. The summed E-state index contributed by atoms with van der Waals surface area (Å²) in [5, 5.41) is 3.94. The van der Waals surface area contributed by atoms with Gasteiger partial charge in [-0.3, -0.25) is 9.88 Å². The number of rotatable bonds is 9. The maximum Gasteiger partial charge on any atom is 0.0642 e. The summed E-state index contributed by atoms with van der Waals surface area (Å²) in [4.78, 5) is 12.9. The van der Waals surface area contributed by atoms with Gasteiger partial charge in [0.05, 0.1) is 24.9 Å². The third kappa shape index (κ3) is 6.51. The summed E-state index contributed by atoms with van der Waals surface area (Å²) in [6.07, 6.45) is 12.3. The molecule has 0 spiro atoms. The number of morpholine rings is 1. The molecule has 4 heterocycles. The summed E-state index contributed by atoms with van der Waals surface area (Å²) in [6.45, 7) is 13.0. The van der Waals surface area contributed by atoms with E-state index in [0.29, 0.717) is 12.1 Å². The van der Waals surface area contributed by atoms with Crippen LogP contribution in [0.1, 0.15) is 73.9 Å². The number of anilines is 1. The molecule has 0 saturated carbocycles. The Kier molecular flexibility index (Phi) is 9.15. The first kappa shape index (κ1) is 27.2. The Morgan fingerprint density at radius 3 is 2.72 bits per heavy atom. The number of pyridine rings is 1. The second-order valence-corrected chi connectivity index (χ2v) is 12.3. The first-order valence-corrected chi connectivity index (χ1v) is 15.9. The molecule has 4 aliphatic rings. The van der Waals surface area contributed by atoms with Crippen LogP contribution in [0, 0.1) is 5.92 Å². The lowest BCUT2D eigenvalue weighted by molar-refractivity contribution is 0.122. The molecule has 1 aliphatic carbocycles. The van der Waals surface area contributed by atoms with Crippen LogP contribution in [0.15, 0.2) is 36.5 Å². The highest BCUT2D eigenvalue weighted by atomic mass is 16.5. The van der Waals surface area contributed by atoms with Crippen LogP contribution < -0.4 is 10.2 Å². The van der Waals surface area contributed by atoms with E-state index >= 15 is 0 Å². The first-order valence-electron chi connectivity index (χ1n) is 15.9. The maximum atomic E-state index is 5.66. The fraction of sp³-hybridized carbons (Fsp3) is 0.667. The molecule has 0 amide bonds. The highest BCUT2D eigenvalue weighted by Crippen LogP contribution is 2.35. The van der Waals surface area contributed by atoms with Gasteiger partial charge in [-0.05, 0) is 112 Å². The molecule has 1 N–H and O–H groups in total. The number of likely N-dealkylation sites (tertiary alicyclic amines) is 1. The zero-order chi connectivity index (χ0) is 26.4. The van der Waals surface area contributed by atoms with E-state index in [0.717, 1.165) is 51.7 Å². The van der Waals surface area contributed by atoms with Crippen LogP contribution in [-0.4, -0.2) is 79.9 Å². The van der Waals surface area contributed by atoms with Crippen LogP contribution in [0.2, 0.25) is 0 Å². The lowest BCUT2D eigenvalue weighted by atomic mass is 9.88. The molecule has 6 rings (SSSR count). The number of benzene rings is 1.